The highest BCUT2D eigenvalue weighted by Crippen LogP contribution is 2.38. The van der Waals surface area contributed by atoms with Crippen molar-refractivity contribution < 1.29 is 9.53 Å². The van der Waals surface area contributed by atoms with E-state index in [1.165, 1.54) is 22.3 Å². The third kappa shape index (κ3) is 3.00. The Bertz CT molecular complexity index is 676. The van der Waals surface area contributed by atoms with Gasteiger partial charge < -0.3 is 10.5 Å². The maximum absolute atomic E-state index is 12.3. The zero-order chi connectivity index (χ0) is 16.7. The molecule has 4 nitrogen and oxygen atoms in total. The number of hydrogen-bond acceptors (Lipinski definition) is 4. The van der Waals surface area contributed by atoms with Gasteiger partial charge in [0.1, 0.15) is 0 Å². The van der Waals surface area contributed by atoms with Gasteiger partial charge in [-0.15, -0.1) is 0 Å². The van der Waals surface area contributed by atoms with Crippen molar-refractivity contribution in [1.29, 1.82) is 0 Å². The Hall–Kier alpha value is -1.81. The second kappa shape index (κ2) is 6.00. The number of ether oxygens (including phenoxy) is 1. The molecule has 0 aromatic heterocycles. The largest absolute Gasteiger partial charge is 0.460 e. The van der Waals surface area contributed by atoms with Gasteiger partial charge in [0.15, 0.2) is 0 Å². The quantitative estimate of drug-likeness (QED) is 0.853. The number of hydrogen-bond donors (Lipinski definition) is 1. The van der Waals surface area contributed by atoms with Gasteiger partial charge in [-0.2, -0.15) is 0 Å². The molecule has 0 fully saturated rings. The molecule has 1 unspecified atom stereocenters. The molecule has 2 heterocycles. The van der Waals surface area contributed by atoms with Crippen LogP contribution in [0.4, 0.5) is 0 Å². The predicted molar refractivity (Wildman–Crippen MR) is 91.0 cm³/mol. The normalized spacial score (nSPS) is 21.2. The number of nitrogens with zero attached hydrogens (tertiary/aromatic N) is 1. The topological polar surface area (TPSA) is 55.6 Å². The van der Waals surface area contributed by atoms with Crippen LogP contribution in [0.3, 0.4) is 0 Å². The van der Waals surface area contributed by atoms with Gasteiger partial charge in [0, 0.05) is 31.2 Å². The number of fused-ring (bicyclic) bond motifs is 3. The number of carbonyl (C=O) groups excluding carboxylic acids is 1. The van der Waals surface area contributed by atoms with Crippen LogP contribution in [0.2, 0.25) is 0 Å². The first kappa shape index (κ1) is 16.1. The van der Waals surface area contributed by atoms with E-state index in [4.69, 9.17) is 10.5 Å². The first-order valence-electron chi connectivity index (χ1n) is 8.39. The first-order chi connectivity index (χ1) is 10.9. The number of carbonyl (C=O) groups is 1. The molecule has 4 heteroatoms. The van der Waals surface area contributed by atoms with Crippen molar-refractivity contribution in [3.8, 4) is 0 Å². The van der Waals surface area contributed by atoms with E-state index in [1.807, 2.05) is 13.8 Å². The molecular formula is C19H26N2O2. The smallest absolute Gasteiger partial charge is 0.337 e. The van der Waals surface area contributed by atoms with Crippen molar-refractivity contribution >= 4 is 5.97 Å². The Kier molecular flexibility index (Phi) is 4.19. The lowest BCUT2D eigenvalue weighted by Gasteiger charge is -2.41. The van der Waals surface area contributed by atoms with E-state index in [-0.39, 0.29) is 18.1 Å². The Balaban J connectivity index is 1.91. The van der Waals surface area contributed by atoms with Crippen LogP contribution in [0.1, 0.15) is 48.6 Å². The van der Waals surface area contributed by atoms with Crippen LogP contribution in [0.25, 0.3) is 0 Å². The standard InChI is InChI=1S/C19H26N2O2/c1-11(2)23-19(22)16-10-21-6-5-14-7-12(3)13(4)8-15(14)18(21)9-17(16)20/h7-8,11,18H,5-6,9-10,20H2,1-4H3. The summed E-state index contributed by atoms with van der Waals surface area (Å²) in [5.74, 6) is -0.262. The minimum atomic E-state index is -0.262. The number of rotatable bonds is 2. The molecule has 0 radical (unpaired) electrons. The van der Waals surface area contributed by atoms with Gasteiger partial charge in [0.2, 0.25) is 0 Å². The predicted octanol–water partition coefficient (Wildman–Crippen LogP) is 2.77. The van der Waals surface area contributed by atoms with E-state index >= 15 is 0 Å². The SMILES string of the molecule is Cc1cc2c(cc1C)C1CC(N)=C(C(=O)OC(C)C)CN1CC2. The Morgan fingerprint density at radius 2 is 2.00 bits per heavy atom. The lowest BCUT2D eigenvalue weighted by Crippen LogP contribution is -2.43. The summed E-state index contributed by atoms with van der Waals surface area (Å²) in [6.07, 6.45) is 1.62. The van der Waals surface area contributed by atoms with Gasteiger partial charge in [0.05, 0.1) is 11.7 Å². The third-order valence-electron chi connectivity index (χ3n) is 4.97. The lowest BCUT2D eigenvalue weighted by molar-refractivity contribution is -0.143. The van der Waals surface area contributed by atoms with Crippen molar-refractivity contribution in [1.82, 2.24) is 4.90 Å². The molecule has 0 spiro atoms. The minimum Gasteiger partial charge on any atom is -0.460 e. The van der Waals surface area contributed by atoms with Crippen LogP contribution in [-0.4, -0.2) is 30.1 Å². The summed E-state index contributed by atoms with van der Waals surface area (Å²) in [6.45, 7) is 9.60. The molecule has 1 atom stereocenters. The highest BCUT2D eigenvalue weighted by molar-refractivity contribution is 5.90. The van der Waals surface area contributed by atoms with E-state index in [9.17, 15) is 4.79 Å². The summed E-state index contributed by atoms with van der Waals surface area (Å²) < 4.78 is 5.34. The van der Waals surface area contributed by atoms with Gasteiger partial charge in [-0.1, -0.05) is 12.1 Å². The zero-order valence-corrected chi connectivity index (χ0v) is 14.5. The van der Waals surface area contributed by atoms with Gasteiger partial charge >= 0.3 is 5.97 Å². The summed E-state index contributed by atoms with van der Waals surface area (Å²) in [7, 11) is 0. The Labute approximate surface area is 138 Å². The maximum Gasteiger partial charge on any atom is 0.337 e. The summed E-state index contributed by atoms with van der Waals surface area (Å²) >= 11 is 0. The molecule has 23 heavy (non-hydrogen) atoms. The van der Waals surface area contributed by atoms with E-state index in [0.29, 0.717) is 24.2 Å². The fourth-order valence-corrected chi connectivity index (χ4v) is 3.59. The molecule has 2 N–H and O–H groups in total. The second-order valence-corrected chi connectivity index (χ2v) is 7.03. The molecule has 3 rings (SSSR count). The summed E-state index contributed by atoms with van der Waals surface area (Å²) in [5, 5.41) is 0. The third-order valence-corrected chi connectivity index (χ3v) is 4.97. The van der Waals surface area contributed by atoms with Gasteiger partial charge in [-0.05, 0) is 56.4 Å². The van der Waals surface area contributed by atoms with E-state index in [0.717, 1.165) is 13.0 Å². The van der Waals surface area contributed by atoms with E-state index in [2.05, 4.69) is 30.9 Å². The second-order valence-electron chi connectivity index (χ2n) is 7.03. The molecule has 0 bridgehead atoms. The molecule has 2 aliphatic heterocycles. The zero-order valence-electron chi connectivity index (χ0n) is 14.5. The molecule has 2 aliphatic rings. The van der Waals surface area contributed by atoms with Crippen molar-refractivity contribution in [3.05, 3.63) is 45.7 Å². The van der Waals surface area contributed by atoms with Crippen LogP contribution in [0.5, 0.6) is 0 Å². The van der Waals surface area contributed by atoms with Gasteiger partial charge in [0.25, 0.3) is 0 Å². The van der Waals surface area contributed by atoms with E-state index < -0.39 is 0 Å². The van der Waals surface area contributed by atoms with Crippen molar-refractivity contribution in [2.75, 3.05) is 13.1 Å². The van der Waals surface area contributed by atoms with Crippen LogP contribution < -0.4 is 5.73 Å². The molecule has 0 saturated heterocycles. The first-order valence-corrected chi connectivity index (χ1v) is 8.39. The Morgan fingerprint density at radius 3 is 2.70 bits per heavy atom. The van der Waals surface area contributed by atoms with Crippen molar-refractivity contribution in [2.24, 2.45) is 5.73 Å². The molecule has 0 saturated carbocycles. The van der Waals surface area contributed by atoms with Crippen LogP contribution in [0, 0.1) is 13.8 Å². The van der Waals surface area contributed by atoms with Crippen LogP contribution in [-0.2, 0) is 16.0 Å². The van der Waals surface area contributed by atoms with Crippen LogP contribution >= 0.6 is 0 Å². The summed E-state index contributed by atoms with van der Waals surface area (Å²) in [4.78, 5) is 14.6. The number of nitrogens with two attached hydrogens (primary N) is 1. The van der Waals surface area contributed by atoms with Crippen LogP contribution in [0.15, 0.2) is 23.4 Å². The molecule has 1 aromatic carbocycles. The number of aryl methyl sites for hydroxylation is 2. The maximum atomic E-state index is 12.3. The minimum absolute atomic E-state index is 0.117. The average molecular weight is 314 g/mol. The van der Waals surface area contributed by atoms with Gasteiger partial charge in [-0.25, -0.2) is 4.79 Å². The van der Waals surface area contributed by atoms with E-state index in [1.54, 1.807) is 0 Å². The summed E-state index contributed by atoms with van der Waals surface area (Å²) in [5.41, 5.74) is 13.0. The highest BCUT2D eigenvalue weighted by Gasteiger charge is 2.35. The van der Waals surface area contributed by atoms with Crippen molar-refractivity contribution in [2.45, 2.75) is 52.7 Å². The van der Waals surface area contributed by atoms with Gasteiger partial charge in [-0.3, -0.25) is 4.90 Å². The monoisotopic (exact) mass is 314 g/mol. The Morgan fingerprint density at radius 1 is 1.30 bits per heavy atom. The number of esters is 1. The van der Waals surface area contributed by atoms with Crippen molar-refractivity contribution in [3.63, 3.8) is 0 Å². The average Bonchev–Trinajstić information content (AvgIpc) is 2.47. The molecular weight excluding hydrogens is 288 g/mol. The molecule has 0 aliphatic carbocycles. The fraction of sp³-hybridized carbons (Fsp3) is 0.526. The summed E-state index contributed by atoms with van der Waals surface area (Å²) in [6, 6.07) is 4.89. The number of benzene rings is 1. The fourth-order valence-electron chi connectivity index (χ4n) is 3.59. The molecule has 0 amide bonds. The lowest BCUT2D eigenvalue weighted by atomic mass is 9.84. The molecule has 124 valence electrons. The molecule has 1 aromatic rings. The highest BCUT2D eigenvalue weighted by atomic mass is 16.5.